The zero-order chi connectivity index (χ0) is 9.31. The van der Waals surface area contributed by atoms with Crippen molar-refractivity contribution in [2.75, 3.05) is 0 Å². The number of hydrogen-bond donors (Lipinski definition) is 0. The molecule has 0 aromatic rings. The third-order valence-corrected chi connectivity index (χ3v) is 6.45. The van der Waals surface area contributed by atoms with Gasteiger partial charge in [0.1, 0.15) is 0 Å². The molecule has 0 atom stereocenters. The maximum absolute atomic E-state index is 2.60. The van der Waals surface area contributed by atoms with E-state index < -0.39 is 0 Å². The Labute approximate surface area is 85.9 Å². The highest BCUT2D eigenvalue weighted by molar-refractivity contribution is 6.15. The van der Waals surface area contributed by atoms with Gasteiger partial charge in [0, 0.05) is 10.2 Å². The van der Waals surface area contributed by atoms with Crippen molar-refractivity contribution in [1.82, 2.24) is 0 Å². The van der Waals surface area contributed by atoms with Crippen LogP contribution in [-0.2, 0) is 0 Å². The van der Waals surface area contributed by atoms with E-state index >= 15 is 0 Å². The quantitative estimate of drug-likeness (QED) is 0.596. The van der Waals surface area contributed by atoms with Gasteiger partial charge in [0.2, 0.25) is 0 Å². The van der Waals surface area contributed by atoms with Crippen LogP contribution in [0.1, 0.15) is 58.3 Å². The van der Waals surface area contributed by atoms with E-state index in [2.05, 4.69) is 6.92 Å². The molecule has 0 unspecified atom stereocenters. The first-order valence-electron chi connectivity index (χ1n) is 6.21. The molecule has 2 rings (SSSR count). The normalized spacial score (nSPS) is 27.5. The molecule has 0 radical (unpaired) electrons. The summed E-state index contributed by atoms with van der Waals surface area (Å²) in [4.78, 5) is 0. The van der Waals surface area contributed by atoms with E-state index in [0.29, 0.717) is 0 Å². The summed E-state index contributed by atoms with van der Waals surface area (Å²) in [6.07, 6.45) is 12.3. The first-order chi connectivity index (χ1) is 6.21. The van der Waals surface area contributed by atoms with Crippen molar-refractivity contribution in [3.05, 3.63) is 0 Å². The van der Waals surface area contributed by atoms with Crippen LogP contribution in [0.5, 0.6) is 0 Å². The zero-order valence-electron chi connectivity index (χ0n) is 9.31. The molecule has 0 bridgehead atoms. The molecule has 0 heterocycles. The van der Waals surface area contributed by atoms with Crippen molar-refractivity contribution in [1.29, 1.82) is 0 Å². The second-order valence-electron chi connectivity index (χ2n) is 5.78. The van der Waals surface area contributed by atoms with Crippen LogP contribution in [0.3, 0.4) is 0 Å². The van der Waals surface area contributed by atoms with Crippen LogP contribution in [0.2, 0.25) is 5.04 Å². The van der Waals surface area contributed by atoms with E-state index in [-0.39, 0.29) is 0 Å². The van der Waals surface area contributed by atoms with Crippen molar-refractivity contribution in [3.63, 3.8) is 0 Å². The SMILES string of the molecule is CC([SiH3])(C1CCCC1)C1CCCC1. The lowest BCUT2D eigenvalue weighted by molar-refractivity contribution is 0.275. The summed E-state index contributed by atoms with van der Waals surface area (Å²) in [5.74, 6) is 2.23. The Balaban J connectivity index is 1.99. The minimum atomic E-state index is 0.799. The molecule has 0 aromatic heterocycles. The fourth-order valence-corrected chi connectivity index (χ4v) is 4.83. The highest BCUT2D eigenvalue weighted by Crippen LogP contribution is 2.53. The lowest BCUT2D eigenvalue weighted by Gasteiger charge is -2.37. The molecule has 13 heavy (non-hydrogen) atoms. The molecule has 2 saturated carbocycles. The van der Waals surface area contributed by atoms with Gasteiger partial charge in [-0.3, -0.25) is 0 Å². The van der Waals surface area contributed by atoms with E-state index in [1.807, 2.05) is 0 Å². The Hall–Kier alpha value is 0.217. The van der Waals surface area contributed by atoms with Gasteiger partial charge in [-0.05, 0) is 16.9 Å². The van der Waals surface area contributed by atoms with Gasteiger partial charge in [-0.2, -0.15) is 0 Å². The summed E-state index contributed by atoms with van der Waals surface area (Å²) < 4.78 is 0. The summed E-state index contributed by atoms with van der Waals surface area (Å²) in [6.45, 7) is 2.60. The highest BCUT2D eigenvalue weighted by atomic mass is 28.1. The largest absolute Gasteiger partial charge is 0.0624 e. The lowest BCUT2D eigenvalue weighted by Crippen LogP contribution is -2.26. The van der Waals surface area contributed by atoms with Crippen LogP contribution in [0.4, 0.5) is 0 Å². The lowest BCUT2D eigenvalue weighted by atomic mass is 9.79. The monoisotopic (exact) mass is 196 g/mol. The van der Waals surface area contributed by atoms with Gasteiger partial charge in [-0.25, -0.2) is 0 Å². The molecule has 2 aliphatic carbocycles. The van der Waals surface area contributed by atoms with Gasteiger partial charge in [0.05, 0.1) is 0 Å². The van der Waals surface area contributed by atoms with Crippen molar-refractivity contribution < 1.29 is 0 Å². The maximum Gasteiger partial charge on any atom is 0.0110 e. The van der Waals surface area contributed by atoms with E-state index in [0.717, 1.165) is 16.9 Å². The maximum atomic E-state index is 2.60. The Morgan fingerprint density at radius 1 is 0.846 bits per heavy atom. The predicted octanol–water partition coefficient (Wildman–Crippen LogP) is 2.91. The third-order valence-electron chi connectivity index (χ3n) is 4.81. The van der Waals surface area contributed by atoms with Gasteiger partial charge < -0.3 is 0 Å². The second-order valence-corrected chi connectivity index (χ2v) is 7.94. The molecule has 0 amide bonds. The Morgan fingerprint density at radius 2 is 1.15 bits per heavy atom. The van der Waals surface area contributed by atoms with Crippen LogP contribution < -0.4 is 0 Å². The summed E-state index contributed by atoms with van der Waals surface area (Å²) in [7, 11) is 1.43. The average molecular weight is 196 g/mol. The van der Waals surface area contributed by atoms with E-state index in [4.69, 9.17) is 0 Å². The van der Waals surface area contributed by atoms with Gasteiger partial charge in [-0.1, -0.05) is 58.3 Å². The number of rotatable bonds is 2. The Morgan fingerprint density at radius 3 is 1.46 bits per heavy atom. The van der Waals surface area contributed by atoms with E-state index in [1.54, 1.807) is 25.7 Å². The summed E-state index contributed by atoms with van der Waals surface area (Å²) in [5.41, 5.74) is 0. The molecule has 2 fully saturated rings. The Bertz CT molecular complexity index is 144. The van der Waals surface area contributed by atoms with Crippen molar-refractivity contribution in [3.8, 4) is 0 Å². The zero-order valence-corrected chi connectivity index (χ0v) is 11.3. The molecule has 0 aliphatic heterocycles. The fourth-order valence-electron chi connectivity index (χ4n) is 3.67. The Kier molecular flexibility index (Phi) is 2.82. The van der Waals surface area contributed by atoms with Crippen LogP contribution in [-0.4, -0.2) is 10.2 Å². The van der Waals surface area contributed by atoms with Gasteiger partial charge in [0.15, 0.2) is 0 Å². The summed E-state index contributed by atoms with van der Waals surface area (Å²) >= 11 is 0. The molecule has 0 spiro atoms. The summed E-state index contributed by atoms with van der Waals surface area (Å²) in [5, 5.41) is 0.799. The summed E-state index contributed by atoms with van der Waals surface area (Å²) in [6, 6.07) is 0. The highest BCUT2D eigenvalue weighted by Gasteiger charge is 2.39. The molecule has 1 heteroatoms. The van der Waals surface area contributed by atoms with Crippen LogP contribution in [0, 0.1) is 11.8 Å². The van der Waals surface area contributed by atoms with Crippen molar-refractivity contribution in [2.45, 2.75) is 63.3 Å². The molecular weight excluding hydrogens is 172 g/mol. The molecule has 0 aromatic carbocycles. The van der Waals surface area contributed by atoms with E-state index in [9.17, 15) is 0 Å². The topological polar surface area (TPSA) is 0 Å². The molecule has 2 aliphatic rings. The van der Waals surface area contributed by atoms with Gasteiger partial charge in [0.25, 0.3) is 0 Å². The third kappa shape index (κ3) is 1.86. The van der Waals surface area contributed by atoms with E-state index in [1.165, 1.54) is 35.9 Å². The molecular formula is C12H24Si. The average Bonchev–Trinajstić information content (AvgIpc) is 2.78. The first-order valence-corrected chi connectivity index (χ1v) is 7.21. The van der Waals surface area contributed by atoms with Gasteiger partial charge >= 0.3 is 0 Å². The fraction of sp³-hybridized carbons (Fsp3) is 1.00. The number of hydrogen-bond acceptors (Lipinski definition) is 0. The van der Waals surface area contributed by atoms with Crippen LogP contribution in [0.25, 0.3) is 0 Å². The minimum Gasteiger partial charge on any atom is -0.0624 e. The second kappa shape index (κ2) is 3.76. The van der Waals surface area contributed by atoms with Crippen molar-refractivity contribution in [2.24, 2.45) is 11.8 Å². The molecule has 76 valence electrons. The minimum absolute atomic E-state index is 0.799. The van der Waals surface area contributed by atoms with Crippen molar-refractivity contribution >= 4 is 10.2 Å². The van der Waals surface area contributed by atoms with Crippen LogP contribution >= 0.6 is 0 Å². The molecule has 0 nitrogen and oxygen atoms in total. The first kappa shape index (κ1) is 9.76. The predicted molar refractivity (Wildman–Crippen MR) is 62.2 cm³/mol. The molecule has 0 N–H and O–H groups in total. The van der Waals surface area contributed by atoms with Gasteiger partial charge in [-0.15, -0.1) is 0 Å². The standard InChI is InChI=1S/C12H24Si/c1-12(13,10-6-2-3-7-10)11-8-4-5-9-11/h10-11H,2-9H2,1,13H3. The van der Waals surface area contributed by atoms with Crippen LogP contribution in [0.15, 0.2) is 0 Å². The smallest absolute Gasteiger partial charge is 0.0110 e. The molecule has 0 saturated heterocycles.